The van der Waals surface area contributed by atoms with E-state index in [9.17, 15) is 0 Å². The number of methoxy groups -OCH3 is 1. The summed E-state index contributed by atoms with van der Waals surface area (Å²) in [5.41, 5.74) is 5.34. The standard InChI is InChI=1S/C20H27N3OS/c1-12-6-9-14(24-5)10-15(12)18-16-17(13-7-8-13)22-23(4)19(16)21-11-20(2,3)25-18/h6,9-10,13,18,21H,7-8,11H2,1-5H3. The lowest BCUT2D eigenvalue weighted by atomic mass is 9.98. The molecular formula is C20H27N3OS. The Hall–Kier alpha value is -1.62. The van der Waals surface area contributed by atoms with Gasteiger partial charge in [-0.05, 0) is 56.9 Å². The molecule has 2 aliphatic rings. The topological polar surface area (TPSA) is 39.1 Å². The summed E-state index contributed by atoms with van der Waals surface area (Å²) >= 11 is 2.04. The summed E-state index contributed by atoms with van der Waals surface area (Å²) in [5.74, 6) is 2.74. The molecule has 2 heterocycles. The molecule has 0 saturated heterocycles. The Bertz CT molecular complexity index is 808. The minimum Gasteiger partial charge on any atom is -0.497 e. The fourth-order valence-electron chi connectivity index (χ4n) is 3.65. The van der Waals surface area contributed by atoms with Crippen LogP contribution in [0.5, 0.6) is 5.75 Å². The van der Waals surface area contributed by atoms with Crippen LogP contribution in [-0.4, -0.2) is 28.2 Å². The first kappa shape index (κ1) is 16.8. The Morgan fingerprint density at radius 1 is 1.32 bits per heavy atom. The minimum absolute atomic E-state index is 0.139. The van der Waals surface area contributed by atoms with Crippen molar-refractivity contribution in [1.29, 1.82) is 0 Å². The summed E-state index contributed by atoms with van der Waals surface area (Å²) in [6.45, 7) is 7.79. The molecule has 5 heteroatoms. The summed E-state index contributed by atoms with van der Waals surface area (Å²) in [6, 6.07) is 6.43. The molecule has 1 saturated carbocycles. The molecule has 4 rings (SSSR count). The first-order chi connectivity index (χ1) is 11.9. The molecule has 0 bridgehead atoms. The number of nitrogens with zero attached hydrogens (tertiary/aromatic N) is 2. The molecule has 1 N–H and O–H groups in total. The van der Waals surface area contributed by atoms with Crippen LogP contribution in [-0.2, 0) is 7.05 Å². The molecule has 1 aliphatic heterocycles. The van der Waals surface area contributed by atoms with Crippen molar-refractivity contribution in [3.63, 3.8) is 0 Å². The van der Waals surface area contributed by atoms with Gasteiger partial charge < -0.3 is 10.1 Å². The lowest BCUT2D eigenvalue weighted by Crippen LogP contribution is -2.26. The Morgan fingerprint density at radius 3 is 2.76 bits per heavy atom. The van der Waals surface area contributed by atoms with Gasteiger partial charge in [-0.25, -0.2) is 0 Å². The maximum Gasteiger partial charge on any atom is 0.128 e. The van der Waals surface area contributed by atoms with Gasteiger partial charge in [0, 0.05) is 29.8 Å². The second-order valence-electron chi connectivity index (χ2n) is 7.88. The smallest absolute Gasteiger partial charge is 0.128 e. The quantitative estimate of drug-likeness (QED) is 0.868. The molecule has 2 aromatic rings. The number of aromatic nitrogens is 2. The molecule has 0 amide bonds. The van der Waals surface area contributed by atoms with Crippen molar-refractivity contribution in [3.05, 3.63) is 40.6 Å². The highest BCUT2D eigenvalue weighted by Crippen LogP contribution is 2.54. The Morgan fingerprint density at radius 2 is 2.08 bits per heavy atom. The molecule has 1 aliphatic carbocycles. The van der Waals surface area contributed by atoms with Gasteiger partial charge in [0.25, 0.3) is 0 Å². The predicted molar refractivity (Wildman–Crippen MR) is 105 cm³/mol. The molecule has 1 fully saturated rings. The van der Waals surface area contributed by atoms with Gasteiger partial charge in [-0.2, -0.15) is 5.10 Å². The van der Waals surface area contributed by atoms with Crippen LogP contribution in [0.4, 0.5) is 5.82 Å². The first-order valence-corrected chi connectivity index (χ1v) is 9.90. The van der Waals surface area contributed by atoms with E-state index in [1.165, 1.54) is 41.0 Å². The average molecular weight is 358 g/mol. The van der Waals surface area contributed by atoms with Crippen LogP contribution in [0.25, 0.3) is 0 Å². The summed E-state index contributed by atoms with van der Waals surface area (Å²) in [4.78, 5) is 0. The number of thioether (sulfide) groups is 1. The number of benzene rings is 1. The van der Waals surface area contributed by atoms with Crippen LogP contribution in [0.3, 0.4) is 0 Å². The lowest BCUT2D eigenvalue weighted by Gasteiger charge is -2.27. The number of aryl methyl sites for hydroxylation is 2. The fraction of sp³-hybridized carbons (Fsp3) is 0.550. The second kappa shape index (κ2) is 5.97. The summed E-state index contributed by atoms with van der Waals surface area (Å²) in [7, 11) is 3.81. The maximum absolute atomic E-state index is 5.52. The molecule has 25 heavy (non-hydrogen) atoms. The van der Waals surface area contributed by atoms with Crippen LogP contribution in [0.2, 0.25) is 0 Å². The lowest BCUT2D eigenvalue weighted by molar-refractivity contribution is 0.414. The number of nitrogens with one attached hydrogen (secondary N) is 1. The Labute approximate surface area is 154 Å². The summed E-state index contributed by atoms with van der Waals surface area (Å²) < 4.78 is 7.71. The third-order valence-electron chi connectivity index (χ3n) is 5.23. The van der Waals surface area contributed by atoms with Crippen LogP contribution >= 0.6 is 11.8 Å². The first-order valence-electron chi connectivity index (χ1n) is 9.02. The van der Waals surface area contributed by atoms with E-state index in [2.05, 4.69) is 51.3 Å². The molecule has 4 nitrogen and oxygen atoms in total. The highest BCUT2D eigenvalue weighted by molar-refractivity contribution is 8.01. The van der Waals surface area contributed by atoms with Crippen LogP contribution in [0.15, 0.2) is 18.2 Å². The zero-order valence-electron chi connectivity index (χ0n) is 15.7. The van der Waals surface area contributed by atoms with Crippen LogP contribution < -0.4 is 10.1 Å². The summed E-state index contributed by atoms with van der Waals surface area (Å²) in [5, 5.41) is 8.86. The number of hydrogen-bond donors (Lipinski definition) is 1. The zero-order valence-corrected chi connectivity index (χ0v) is 16.5. The molecule has 1 unspecified atom stereocenters. The van der Waals surface area contributed by atoms with Gasteiger partial charge in [-0.3, -0.25) is 4.68 Å². The average Bonchev–Trinajstić information content (AvgIpc) is 3.37. The number of fused-ring (bicyclic) bond motifs is 1. The number of rotatable bonds is 3. The molecule has 1 aromatic carbocycles. The van der Waals surface area contributed by atoms with Crippen molar-refractivity contribution in [2.24, 2.45) is 7.05 Å². The Balaban J connectivity index is 1.91. The van der Waals surface area contributed by atoms with E-state index in [1.54, 1.807) is 7.11 Å². The molecule has 134 valence electrons. The van der Waals surface area contributed by atoms with Crippen molar-refractivity contribution >= 4 is 17.6 Å². The SMILES string of the molecule is COc1ccc(C)c(C2SC(C)(C)CNc3c2c(C2CC2)nn3C)c1. The number of hydrogen-bond acceptors (Lipinski definition) is 4. The van der Waals surface area contributed by atoms with Gasteiger partial charge in [0.1, 0.15) is 11.6 Å². The van der Waals surface area contributed by atoms with Crippen molar-refractivity contribution in [3.8, 4) is 5.75 Å². The van der Waals surface area contributed by atoms with Gasteiger partial charge in [-0.15, -0.1) is 11.8 Å². The van der Waals surface area contributed by atoms with E-state index >= 15 is 0 Å². The number of anilines is 1. The largest absolute Gasteiger partial charge is 0.497 e. The molecule has 1 atom stereocenters. The zero-order chi connectivity index (χ0) is 17.8. The van der Waals surface area contributed by atoms with Crippen LogP contribution in [0, 0.1) is 6.92 Å². The second-order valence-corrected chi connectivity index (χ2v) is 9.69. The van der Waals surface area contributed by atoms with Crippen molar-refractivity contribution < 1.29 is 4.74 Å². The monoisotopic (exact) mass is 357 g/mol. The molecular weight excluding hydrogens is 330 g/mol. The van der Waals surface area contributed by atoms with E-state index < -0.39 is 0 Å². The van der Waals surface area contributed by atoms with E-state index in [0.717, 1.165) is 12.3 Å². The minimum atomic E-state index is 0.139. The normalized spacial score (nSPS) is 22.0. The summed E-state index contributed by atoms with van der Waals surface area (Å²) in [6.07, 6.45) is 2.53. The molecule has 0 radical (unpaired) electrons. The van der Waals surface area contributed by atoms with Gasteiger partial charge in [0.2, 0.25) is 0 Å². The van der Waals surface area contributed by atoms with Gasteiger partial charge in [0.05, 0.1) is 18.1 Å². The molecule has 1 aromatic heterocycles. The number of ether oxygens (including phenoxy) is 1. The van der Waals surface area contributed by atoms with Crippen molar-refractivity contribution in [2.75, 3.05) is 19.0 Å². The van der Waals surface area contributed by atoms with Crippen molar-refractivity contribution in [1.82, 2.24) is 9.78 Å². The van der Waals surface area contributed by atoms with Crippen molar-refractivity contribution in [2.45, 2.75) is 49.5 Å². The van der Waals surface area contributed by atoms with E-state index in [-0.39, 0.29) is 10.00 Å². The third-order valence-corrected chi connectivity index (χ3v) is 6.73. The van der Waals surface area contributed by atoms with Gasteiger partial charge >= 0.3 is 0 Å². The van der Waals surface area contributed by atoms with Crippen LogP contribution in [0.1, 0.15) is 60.2 Å². The van der Waals surface area contributed by atoms with Gasteiger partial charge in [0.15, 0.2) is 0 Å². The predicted octanol–water partition coefficient (Wildman–Crippen LogP) is 4.64. The third kappa shape index (κ3) is 3.03. The molecule has 0 spiro atoms. The van der Waals surface area contributed by atoms with E-state index in [4.69, 9.17) is 9.84 Å². The highest BCUT2D eigenvalue weighted by Gasteiger charge is 2.40. The van der Waals surface area contributed by atoms with E-state index in [1.807, 2.05) is 16.4 Å². The maximum atomic E-state index is 5.52. The van der Waals surface area contributed by atoms with E-state index in [0.29, 0.717) is 5.92 Å². The van der Waals surface area contributed by atoms with Gasteiger partial charge in [-0.1, -0.05) is 6.07 Å². The Kier molecular flexibility index (Phi) is 4.02. The highest BCUT2D eigenvalue weighted by atomic mass is 32.2. The fourth-order valence-corrected chi connectivity index (χ4v) is 5.18.